The molecule has 2 aliphatic rings. The Hall–Kier alpha value is 0.310. The van der Waals surface area contributed by atoms with Gasteiger partial charge in [-0.25, -0.2) is 0 Å². The molecule has 3 atom stereocenters. The summed E-state index contributed by atoms with van der Waals surface area (Å²) in [6.45, 7) is 15.7. The topological polar surface area (TPSA) is 12.5 Å². The van der Waals surface area contributed by atoms with E-state index in [0.29, 0.717) is 10.9 Å². The average Bonchev–Trinajstić information content (AvgIpc) is 3.00. The van der Waals surface area contributed by atoms with Crippen LogP contribution in [0.1, 0.15) is 74.1 Å². The predicted octanol–water partition coefficient (Wildman–Crippen LogP) is 5.53. The molecule has 2 saturated heterocycles. The lowest BCUT2D eigenvalue weighted by molar-refractivity contribution is 0.209. The Kier molecular flexibility index (Phi) is 6.26. The van der Waals surface area contributed by atoms with E-state index in [4.69, 9.17) is 4.74 Å². The highest BCUT2D eigenvalue weighted by Gasteiger charge is 2.53. The van der Waals surface area contributed by atoms with E-state index in [1.807, 2.05) is 13.8 Å². The fraction of sp³-hybridized carbons (Fsp3) is 1.00. The number of hydrogen-bond donors (Lipinski definition) is 0. The van der Waals surface area contributed by atoms with Crippen LogP contribution in [0, 0.1) is 11.8 Å². The molecule has 2 rings (SSSR count). The van der Waals surface area contributed by atoms with Gasteiger partial charge in [0, 0.05) is 4.75 Å². The maximum atomic E-state index is 5.91. The van der Waals surface area contributed by atoms with Gasteiger partial charge in [-0.05, 0) is 50.7 Å². The Bertz CT molecular complexity index is 272. The van der Waals surface area contributed by atoms with Gasteiger partial charge < -0.3 is 4.74 Å². The fourth-order valence-electron chi connectivity index (χ4n) is 3.54. The van der Waals surface area contributed by atoms with Crippen LogP contribution in [-0.2, 0) is 4.74 Å². The molecule has 0 saturated carbocycles. The van der Waals surface area contributed by atoms with E-state index in [-0.39, 0.29) is 5.60 Å². The number of thioether (sulfide) groups is 1. The zero-order valence-corrected chi connectivity index (χ0v) is 14.9. The van der Waals surface area contributed by atoms with Crippen LogP contribution in [0.15, 0.2) is 0 Å². The number of hydrogen-bond acceptors (Lipinski definition) is 2. The molecule has 2 aliphatic heterocycles. The van der Waals surface area contributed by atoms with Crippen LogP contribution in [0.4, 0.5) is 0 Å². The zero-order valence-electron chi connectivity index (χ0n) is 14.1. The first-order chi connectivity index (χ1) is 8.86. The smallest absolute Gasteiger partial charge is 0.0898 e. The largest absolute Gasteiger partial charge is 0.366 e. The summed E-state index contributed by atoms with van der Waals surface area (Å²) in [6.07, 6.45) is 5.97. The van der Waals surface area contributed by atoms with Crippen molar-refractivity contribution in [2.75, 3.05) is 5.75 Å². The van der Waals surface area contributed by atoms with Crippen LogP contribution in [0.2, 0.25) is 0 Å². The average molecular weight is 287 g/mol. The van der Waals surface area contributed by atoms with Gasteiger partial charge in [0.15, 0.2) is 0 Å². The van der Waals surface area contributed by atoms with Gasteiger partial charge in [0.25, 0.3) is 0 Å². The Morgan fingerprint density at radius 1 is 1.21 bits per heavy atom. The lowest BCUT2D eigenvalue weighted by Crippen LogP contribution is -2.28. The molecule has 0 aromatic carbocycles. The molecule has 19 heavy (non-hydrogen) atoms. The predicted molar refractivity (Wildman–Crippen MR) is 88.0 cm³/mol. The van der Waals surface area contributed by atoms with Crippen molar-refractivity contribution >= 4 is 11.8 Å². The van der Waals surface area contributed by atoms with Crippen LogP contribution in [0.5, 0.6) is 0 Å². The van der Waals surface area contributed by atoms with Crippen LogP contribution in [0.3, 0.4) is 0 Å². The molecule has 0 aliphatic carbocycles. The van der Waals surface area contributed by atoms with Gasteiger partial charge in [0.05, 0.1) is 11.7 Å². The van der Waals surface area contributed by atoms with Gasteiger partial charge >= 0.3 is 0 Å². The maximum Gasteiger partial charge on any atom is 0.0898 e. The van der Waals surface area contributed by atoms with Crippen molar-refractivity contribution in [3.8, 4) is 0 Å². The molecule has 114 valence electrons. The molecule has 2 heteroatoms. The molecule has 2 heterocycles. The van der Waals surface area contributed by atoms with E-state index in [2.05, 4.69) is 46.4 Å². The van der Waals surface area contributed by atoms with Crippen molar-refractivity contribution in [3.05, 3.63) is 0 Å². The second-order valence-electron chi connectivity index (χ2n) is 6.93. The van der Waals surface area contributed by atoms with Crippen LogP contribution < -0.4 is 0 Å². The fourth-order valence-corrected chi connectivity index (χ4v) is 4.74. The maximum absolute atomic E-state index is 5.91. The first-order valence-electron chi connectivity index (χ1n) is 8.17. The molecule has 0 radical (unpaired) electrons. The van der Waals surface area contributed by atoms with E-state index in [0.717, 1.165) is 11.8 Å². The summed E-state index contributed by atoms with van der Waals surface area (Å²) in [5.74, 6) is 2.99. The molecular formula is C17H34OS. The van der Waals surface area contributed by atoms with Crippen molar-refractivity contribution in [2.45, 2.75) is 90.6 Å². The van der Waals surface area contributed by atoms with Gasteiger partial charge in [-0.2, -0.15) is 11.8 Å². The summed E-state index contributed by atoms with van der Waals surface area (Å²) in [5.41, 5.74) is 0.157. The molecule has 1 nitrogen and oxygen atoms in total. The Morgan fingerprint density at radius 2 is 1.79 bits per heavy atom. The van der Waals surface area contributed by atoms with Crippen molar-refractivity contribution in [1.29, 1.82) is 0 Å². The third-order valence-electron chi connectivity index (χ3n) is 4.49. The third kappa shape index (κ3) is 4.67. The first-order valence-corrected chi connectivity index (χ1v) is 9.16. The Morgan fingerprint density at radius 3 is 2.26 bits per heavy atom. The van der Waals surface area contributed by atoms with E-state index in [1.54, 1.807) is 0 Å². The van der Waals surface area contributed by atoms with E-state index >= 15 is 0 Å². The van der Waals surface area contributed by atoms with E-state index in [1.165, 1.54) is 31.4 Å². The van der Waals surface area contributed by atoms with Gasteiger partial charge in [-0.15, -0.1) is 0 Å². The van der Waals surface area contributed by atoms with E-state index in [9.17, 15) is 0 Å². The van der Waals surface area contributed by atoms with Crippen molar-refractivity contribution < 1.29 is 4.74 Å². The van der Waals surface area contributed by atoms with Crippen molar-refractivity contribution in [1.82, 2.24) is 0 Å². The lowest BCUT2D eigenvalue weighted by Gasteiger charge is -2.30. The molecule has 2 fully saturated rings. The molecular weight excluding hydrogens is 252 g/mol. The Labute approximate surface area is 125 Å². The first kappa shape index (κ1) is 17.4. The molecule has 0 bridgehead atoms. The van der Waals surface area contributed by atoms with Crippen LogP contribution in [0.25, 0.3) is 0 Å². The van der Waals surface area contributed by atoms with Crippen LogP contribution >= 0.6 is 11.8 Å². The minimum absolute atomic E-state index is 0.157. The van der Waals surface area contributed by atoms with Crippen LogP contribution in [-0.4, -0.2) is 22.2 Å². The van der Waals surface area contributed by atoms with E-state index < -0.39 is 0 Å². The van der Waals surface area contributed by atoms with Gasteiger partial charge in [-0.1, -0.05) is 41.0 Å². The quantitative estimate of drug-likeness (QED) is 0.633. The molecule has 0 amide bonds. The molecule has 3 unspecified atom stereocenters. The highest BCUT2D eigenvalue weighted by atomic mass is 32.2. The summed E-state index contributed by atoms with van der Waals surface area (Å²) in [7, 11) is 0. The minimum Gasteiger partial charge on any atom is -0.366 e. The summed E-state index contributed by atoms with van der Waals surface area (Å²) >= 11 is 2.16. The second-order valence-corrected chi connectivity index (χ2v) is 8.73. The SMILES string of the molecule is CC.CCC(C1CCCSC(C)(C)C1)C1OC1(C)C. The highest BCUT2D eigenvalue weighted by Crippen LogP contribution is 2.49. The zero-order chi connectivity index (χ0) is 14.7. The molecule has 0 N–H and O–H groups in total. The van der Waals surface area contributed by atoms with Gasteiger partial charge in [0.2, 0.25) is 0 Å². The Balaban J connectivity index is 0.000000861. The van der Waals surface area contributed by atoms with Crippen molar-refractivity contribution in [2.24, 2.45) is 11.8 Å². The van der Waals surface area contributed by atoms with Gasteiger partial charge in [-0.3, -0.25) is 0 Å². The normalized spacial score (nSPS) is 33.6. The molecule has 0 aromatic rings. The molecule has 0 spiro atoms. The standard InChI is InChI=1S/C15H28OS.C2H6/c1-6-12(13-15(4,5)16-13)11-8-7-9-17-14(2,3)10-11;1-2/h11-13H,6-10H2,1-5H3;1-2H3. The summed E-state index contributed by atoms with van der Waals surface area (Å²) in [6, 6.07) is 0. The minimum atomic E-state index is 0.157. The second kappa shape index (κ2) is 6.85. The summed E-state index contributed by atoms with van der Waals surface area (Å²) in [4.78, 5) is 0. The third-order valence-corrected chi connectivity index (χ3v) is 5.93. The van der Waals surface area contributed by atoms with Gasteiger partial charge in [0.1, 0.15) is 0 Å². The highest BCUT2D eigenvalue weighted by molar-refractivity contribution is 8.00. The summed E-state index contributed by atoms with van der Waals surface area (Å²) < 4.78 is 6.38. The number of epoxide rings is 1. The monoisotopic (exact) mass is 286 g/mol. The number of ether oxygens (including phenoxy) is 1. The summed E-state index contributed by atoms with van der Waals surface area (Å²) in [5, 5.41) is 0. The number of rotatable bonds is 3. The molecule has 0 aromatic heterocycles. The lowest BCUT2D eigenvalue weighted by atomic mass is 9.77. The van der Waals surface area contributed by atoms with Crippen molar-refractivity contribution in [3.63, 3.8) is 0 Å².